The quantitative estimate of drug-likeness (QED) is 0.579. The number of hydrogen-bond acceptors (Lipinski definition) is 5. The molecule has 0 unspecified atom stereocenters. The van der Waals surface area contributed by atoms with Gasteiger partial charge in [0, 0.05) is 6.54 Å². The lowest BCUT2D eigenvalue weighted by Gasteiger charge is -2.08. The molecule has 0 amide bonds. The van der Waals surface area contributed by atoms with Gasteiger partial charge in [-0.3, -0.25) is 5.43 Å². The number of halogens is 2. The van der Waals surface area contributed by atoms with Crippen molar-refractivity contribution >= 4 is 23.4 Å². The molecule has 0 bridgehead atoms. The molecule has 4 N–H and O–H groups in total. The molecular formula is C12H13ClFN5. The third-order valence-electron chi connectivity index (χ3n) is 2.47. The molecule has 1 heterocycles. The molecule has 1 aromatic carbocycles. The lowest BCUT2D eigenvalue weighted by molar-refractivity contribution is 0.625. The normalized spacial score (nSPS) is 10.3. The minimum atomic E-state index is -0.243. The van der Waals surface area contributed by atoms with Crippen molar-refractivity contribution in [2.75, 3.05) is 17.3 Å². The van der Waals surface area contributed by atoms with Crippen LogP contribution in [0.3, 0.4) is 0 Å². The second kappa shape index (κ2) is 6.31. The number of aromatic nitrogens is 2. The van der Waals surface area contributed by atoms with E-state index in [0.29, 0.717) is 23.8 Å². The van der Waals surface area contributed by atoms with Gasteiger partial charge in [-0.2, -0.15) is 4.98 Å². The number of nitrogen functional groups attached to an aromatic ring is 1. The van der Waals surface area contributed by atoms with E-state index in [1.54, 1.807) is 6.07 Å². The van der Waals surface area contributed by atoms with Gasteiger partial charge in [-0.1, -0.05) is 23.7 Å². The summed E-state index contributed by atoms with van der Waals surface area (Å²) in [6.45, 7) is 0.574. The maximum Gasteiger partial charge on any atom is 0.239 e. The maximum absolute atomic E-state index is 13.0. The Bertz CT molecular complexity index is 564. The molecule has 0 atom stereocenters. The Balaban J connectivity index is 1.95. The van der Waals surface area contributed by atoms with Gasteiger partial charge in [0.15, 0.2) is 5.82 Å². The minimum absolute atomic E-state index is 0.243. The van der Waals surface area contributed by atoms with E-state index in [0.717, 1.165) is 5.56 Å². The molecule has 0 saturated carbocycles. The minimum Gasteiger partial charge on any atom is -0.368 e. The number of nitrogens with two attached hydrogens (primary N) is 1. The van der Waals surface area contributed by atoms with Crippen LogP contribution in [0.25, 0.3) is 0 Å². The standard InChI is InChI=1S/C12H13ClFN5/c13-10-7-17-12(19-15)18-11(10)16-5-4-8-2-1-3-9(14)6-8/h1-3,6-7H,4-5,15H2,(H2,16,17,18,19). The van der Waals surface area contributed by atoms with Crippen LogP contribution in [-0.2, 0) is 6.42 Å². The lowest BCUT2D eigenvalue weighted by Crippen LogP contribution is -2.13. The molecule has 2 aromatic rings. The van der Waals surface area contributed by atoms with Gasteiger partial charge in [0.05, 0.1) is 6.20 Å². The Morgan fingerprint density at radius 2 is 2.21 bits per heavy atom. The van der Waals surface area contributed by atoms with Crippen LogP contribution in [0.2, 0.25) is 5.02 Å². The summed E-state index contributed by atoms with van der Waals surface area (Å²) in [6, 6.07) is 6.45. The summed E-state index contributed by atoms with van der Waals surface area (Å²) >= 11 is 5.94. The van der Waals surface area contributed by atoms with Crippen molar-refractivity contribution in [3.63, 3.8) is 0 Å². The molecule has 5 nitrogen and oxygen atoms in total. The Morgan fingerprint density at radius 3 is 2.95 bits per heavy atom. The fraction of sp³-hybridized carbons (Fsp3) is 0.167. The van der Waals surface area contributed by atoms with Crippen LogP contribution >= 0.6 is 11.6 Å². The van der Waals surface area contributed by atoms with Crippen molar-refractivity contribution in [3.05, 3.63) is 46.9 Å². The maximum atomic E-state index is 13.0. The zero-order chi connectivity index (χ0) is 13.7. The molecule has 100 valence electrons. The third kappa shape index (κ3) is 3.77. The number of hydrogen-bond donors (Lipinski definition) is 3. The summed E-state index contributed by atoms with van der Waals surface area (Å²) < 4.78 is 13.0. The molecule has 0 spiro atoms. The first kappa shape index (κ1) is 13.5. The van der Waals surface area contributed by atoms with Crippen LogP contribution < -0.4 is 16.6 Å². The van der Waals surface area contributed by atoms with E-state index in [-0.39, 0.29) is 11.8 Å². The fourth-order valence-electron chi connectivity index (χ4n) is 1.58. The van der Waals surface area contributed by atoms with E-state index in [2.05, 4.69) is 20.7 Å². The monoisotopic (exact) mass is 281 g/mol. The Kier molecular flexibility index (Phi) is 4.48. The number of nitrogens with zero attached hydrogens (tertiary/aromatic N) is 2. The zero-order valence-corrected chi connectivity index (χ0v) is 10.8. The van der Waals surface area contributed by atoms with Crippen molar-refractivity contribution in [1.82, 2.24) is 9.97 Å². The molecule has 2 rings (SSSR count). The third-order valence-corrected chi connectivity index (χ3v) is 2.74. The van der Waals surface area contributed by atoms with E-state index in [1.807, 2.05) is 6.07 Å². The van der Waals surface area contributed by atoms with E-state index >= 15 is 0 Å². The van der Waals surface area contributed by atoms with Gasteiger partial charge < -0.3 is 5.32 Å². The number of anilines is 2. The molecule has 7 heteroatoms. The second-order valence-corrected chi connectivity index (χ2v) is 4.25. The SMILES string of the molecule is NNc1ncc(Cl)c(NCCc2cccc(F)c2)n1. The van der Waals surface area contributed by atoms with Crippen molar-refractivity contribution in [3.8, 4) is 0 Å². The highest BCUT2D eigenvalue weighted by Gasteiger charge is 2.04. The second-order valence-electron chi connectivity index (χ2n) is 3.84. The van der Waals surface area contributed by atoms with E-state index in [4.69, 9.17) is 17.4 Å². The molecule has 1 aromatic heterocycles. The highest BCUT2D eigenvalue weighted by Crippen LogP contribution is 2.18. The summed E-state index contributed by atoms with van der Waals surface area (Å²) in [7, 11) is 0. The predicted octanol–water partition coefficient (Wildman–Crippen LogP) is 2.21. The van der Waals surface area contributed by atoms with Crippen molar-refractivity contribution in [2.24, 2.45) is 5.84 Å². The van der Waals surface area contributed by atoms with Gasteiger partial charge in [-0.25, -0.2) is 15.2 Å². The fourth-order valence-corrected chi connectivity index (χ4v) is 1.74. The van der Waals surface area contributed by atoms with Crippen LogP contribution in [0, 0.1) is 5.82 Å². The number of benzene rings is 1. The van der Waals surface area contributed by atoms with E-state index in [9.17, 15) is 4.39 Å². The van der Waals surface area contributed by atoms with Gasteiger partial charge in [0.2, 0.25) is 5.95 Å². The highest BCUT2D eigenvalue weighted by molar-refractivity contribution is 6.32. The average molecular weight is 282 g/mol. The molecule has 19 heavy (non-hydrogen) atoms. The summed E-state index contributed by atoms with van der Waals surface area (Å²) in [5.74, 6) is 5.74. The summed E-state index contributed by atoms with van der Waals surface area (Å²) in [5, 5.41) is 3.46. The Hall–Kier alpha value is -1.92. The predicted molar refractivity (Wildman–Crippen MR) is 73.4 cm³/mol. The molecule has 0 fully saturated rings. The van der Waals surface area contributed by atoms with Gasteiger partial charge in [0.1, 0.15) is 10.8 Å². The Morgan fingerprint density at radius 1 is 1.37 bits per heavy atom. The van der Waals surface area contributed by atoms with Gasteiger partial charge in [-0.15, -0.1) is 0 Å². The van der Waals surface area contributed by atoms with E-state index < -0.39 is 0 Å². The molecule has 0 saturated heterocycles. The molecule has 0 aliphatic rings. The van der Waals surface area contributed by atoms with Crippen LogP contribution in [-0.4, -0.2) is 16.5 Å². The van der Waals surface area contributed by atoms with Gasteiger partial charge in [0.25, 0.3) is 0 Å². The molecular weight excluding hydrogens is 269 g/mol. The first-order valence-corrected chi connectivity index (χ1v) is 6.04. The number of rotatable bonds is 5. The van der Waals surface area contributed by atoms with Crippen molar-refractivity contribution in [1.29, 1.82) is 0 Å². The van der Waals surface area contributed by atoms with Crippen molar-refractivity contribution < 1.29 is 4.39 Å². The van der Waals surface area contributed by atoms with E-state index in [1.165, 1.54) is 18.3 Å². The molecule has 0 radical (unpaired) electrons. The number of nitrogens with one attached hydrogen (secondary N) is 2. The first-order chi connectivity index (χ1) is 9.19. The number of hydrazine groups is 1. The highest BCUT2D eigenvalue weighted by atomic mass is 35.5. The zero-order valence-electron chi connectivity index (χ0n) is 10.0. The smallest absolute Gasteiger partial charge is 0.239 e. The van der Waals surface area contributed by atoms with Gasteiger partial charge in [-0.05, 0) is 24.1 Å². The largest absolute Gasteiger partial charge is 0.368 e. The first-order valence-electron chi connectivity index (χ1n) is 5.66. The van der Waals surface area contributed by atoms with Crippen LogP contribution in [0.5, 0.6) is 0 Å². The van der Waals surface area contributed by atoms with Gasteiger partial charge >= 0.3 is 0 Å². The average Bonchev–Trinajstić information content (AvgIpc) is 2.41. The summed E-state index contributed by atoms with van der Waals surface area (Å²) in [6.07, 6.45) is 2.11. The van der Waals surface area contributed by atoms with Crippen molar-refractivity contribution in [2.45, 2.75) is 6.42 Å². The summed E-state index contributed by atoms with van der Waals surface area (Å²) in [4.78, 5) is 7.94. The van der Waals surface area contributed by atoms with Crippen LogP contribution in [0.15, 0.2) is 30.5 Å². The topological polar surface area (TPSA) is 75.9 Å². The van der Waals surface area contributed by atoms with Crippen LogP contribution in [0.1, 0.15) is 5.56 Å². The summed E-state index contributed by atoms with van der Waals surface area (Å²) in [5.41, 5.74) is 3.24. The Labute approximate surface area is 115 Å². The lowest BCUT2D eigenvalue weighted by atomic mass is 10.1. The van der Waals surface area contributed by atoms with Crippen LogP contribution in [0.4, 0.5) is 16.2 Å². The molecule has 0 aliphatic heterocycles. The molecule has 0 aliphatic carbocycles.